The highest BCUT2D eigenvalue weighted by Crippen LogP contribution is 2.28. The molecule has 1 aromatic rings. The first kappa shape index (κ1) is 13.8. The summed E-state index contributed by atoms with van der Waals surface area (Å²) in [6, 6.07) is 0. The molecule has 1 aliphatic rings. The Bertz CT molecular complexity index is 504. The van der Waals surface area contributed by atoms with E-state index < -0.39 is 24.1 Å². The Morgan fingerprint density at radius 2 is 2.42 bits per heavy atom. The minimum atomic E-state index is -0.824. The normalized spacial score (nSPS) is 26.6. The third kappa shape index (κ3) is 2.70. The SMILES string of the molecule is CCOc1cn([C@@H]2C[C@@H](O)[C@H](CO)O2)c(=O)nc1N. The Morgan fingerprint density at radius 3 is 3.00 bits per heavy atom. The predicted molar refractivity (Wildman–Crippen MR) is 65.7 cm³/mol. The van der Waals surface area contributed by atoms with Crippen LogP contribution >= 0.6 is 0 Å². The van der Waals surface area contributed by atoms with E-state index in [1.165, 1.54) is 10.8 Å². The zero-order valence-electron chi connectivity index (χ0n) is 10.5. The maximum Gasteiger partial charge on any atom is 0.351 e. The highest BCUT2D eigenvalue weighted by atomic mass is 16.5. The van der Waals surface area contributed by atoms with Crippen molar-refractivity contribution in [3.05, 3.63) is 16.7 Å². The molecule has 1 fully saturated rings. The Morgan fingerprint density at radius 1 is 1.68 bits per heavy atom. The third-order valence-corrected chi connectivity index (χ3v) is 2.94. The quantitative estimate of drug-likeness (QED) is 0.633. The van der Waals surface area contributed by atoms with Crippen molar-refractivity contribution < 1.29 is 19.7 Å². The molecule has 1 aromatic heterocycles. The summed E-state index contributed by atoms with van der Waals surface area (Å²) < 4.78 is 11.9. The van der Waals surface area contributed by atoms with Crippen molar-refractivity contribution in [2.45, 2.75) is 31.8 Å². The van der Waals surface area contributed by atoms with Crippen molar-refractivity contribution in [2.75, 3.05) is 18.9 Å². The molecule has 2 rings (SSSR count). The molecule has 0 radical (unpaired) electrons. The molecule has 2 heterocycles. The van der Waals surface area contributed by atoms with Gasteiger partial charge >= 0.3 is 5.69 Å². The minimum Gasteiger partial charge on any atom is -0.488 e. The third-order valence-electron chi connectivity index (χ3n) is 2.94. The van der Waals surface area contributed by atoms with Crippen molar-refractivity contribution in [3.63, 3.8) is 0 Å². The van der Waals surface area contributed by atoms with Gasteiger partial charge in [0, 0.05) is 6.42 Å². The van der Waals surface area contributed by atoms with E-state index in [9.17, 15) is 9.90 Å². The lowest BCUT2D eigenvalue weighted by Gasteiger charge is -2.16. The van der Waals surface area contributed by atoms with Crippen molar-refractivity contribution in [3.8, 4) is 5.75 Å². The van der Waals surface area contributed by atoms with Crippen LogP contribution in [0.15, 0.2) is 11.0 Å². The highest BCUT2D eigenvalue weighted by Gasteiger charge is 2.35. The first-order valence-corrected chi connectivity index (χ1v) is 6.02. The van der Waals surface area contributed by atoms with Gasteiger partial charge in [-0.15, -0.1) is 0 Å². The number of hydrogen-bond acceptors (Lipinski definition) is 7. The number of aliphatic hydroxyl groups is 2. The molecule has 0 amide bonds. The maximum atomic E-state index is 11.8. The van der Waals surface area contributed by atoms with Gasteiger partial charge in [0.2, 0.25) is 0 Å². The summed E-state index contributed by atoms with van der Waals surface area (Å²) in [5.74, 6) is 0.299. The molecule has 4 N–H and O–H groups in total. The summed E-state index contributed by atoms with van der Waals surface area (Å²) in [6.45, 7) is 1.86. The van der Waals surface area contributed by atoms with Gasteiger partial charge < -0.3 is 25.4 Å². The first-order valence-electron chi connectivity index (χ1n) is 6.02. The molecular formula is C11H17N3O5. The van der Waals surface area contributed by atoms with Gasteiger partial charge in [0.15, 0.2) is 11.6 Å². The Labute approximate surface area is 109 Å². The largest absolute Gasteiger partial charge is 0.488 e. The van der Waals surface area contributed by atoms with E-state index in [4.69, 9.17) is 20.3 Å². The fraction of sp³-hybridized carbons (Fsp3) is 0.636. The van der Waals surface area contributed by atoms with Crippen LogP contribution < -0.4 is 16.2 Å². The first-order chi connectivity index (χ1) is 9.06. The van der Waals surface area contributed by atoms with E-state index in [0.29, 0.717) is 6.61 Å². The molecule has 0 saturated carbocycles. The van der Waals surface area contributed by atoms with Crippen LogP contribution in [-0.4, -0.2) is 45.2 Å². The summed E-state index contributed by atoms with van der Waals surface area (Å²) in [7, 11) is 0. The van der Waals surface area contributed by atoms with Crippen LogP contribution in [0.3, 0.4) is 0 Å². The number of nitrogens with two attached hydrogens (primary N) is 1. The molecule has 0 bridgehead atoms. The highest BCUT2D eigenvalue weighted by molar-refractivity contribution is 5.43. The van der Waals surface area contributed by atoms with E-state index >= 15 is 0 Å². The lowest BCUT2D eigenvalue weighted by molar-refractivity contribution is -0.0460. The van der Waals surface area contributed by atoms with Crippen LogP contribution in [0.4, 0.5) is 5.82 Å². The van der Waals surface area contributed by atoms with Crippen LogP contribution in [0.1, 0.15) is 19.6 Å². The molecule has 8 heteroatoms. The number of rotatable bonds is 4. The van der Waals surface area contributed by atoms with Gasteiger partial charge in [0.05, 0.1) is 25.5 Å². The molecule has 106 valence electrons. The number of aromatic nitrogens is 2. The monoisotopic (exact) mass is 271 g/mol. The molecule has 19 heavy (non-hydrogen) atoms. The van der Waals surface area contributed by atoms with Gasteiger partial charge in [-0.3, -0.25) is 4.57 Å². The van der Waals surface area contributed by atoms with E-state index in [-0.39, 0.29) is 24.6 Å². The van der Waals surface area contributed by atoms with Crippen LogP contribution in [0.5, 0.6) is 5.75 Å². The number of anilines is 1. The van der Waals surface area contributed by atoms with Gasteiger partial charge in [0.25, 0.3) is 0 Å². The topological polar surface area (TPSA) is 120 Å². The number of nitrogen functional groups attached to an aromatic ring is 1. The molecular weight excluding hydrogens is 254 g/mol. The molecule has 8 nitrogen and oxygen atoms in total. The summed E-state index contributed by atoms with van der Waals surface area (Å²) in [5.41, 5.74) is 4.99. The average molecular weight is 271 g/mol. The second-order valence-corrected chi connectivity index (χ2v) is 4.23. The van der Waals surface area contributed by atoms with Gasteiger partial charge in [-0.25, -0.2) is 4.79 Å². The lowest BCUT2D eigenvalue weighted by atomic mass is 10.2. The Hall–Kier alpha value is -1.64. The smallest absolute Gasteiger partial charge is 0.351 e. The zero-order chi connectivity index (χ0) is 14.0. The average Bonchev–Trinajstić information content (AvgIpc) is 2.74. The van der Waals surface area contributed by atoms with Crippen LogP contribution in [0.25, 0.3) is 0 Å². The number of nitrogens with zero attached hydrogens (tertiary/aromatic N) is 2. The molecule has 1 aliphatic heterocycles. The van der Waals surface area contributed by atoms with Gasteiger partial charge in [-0.1, -0.05) is 0 Å². The van der Waals surface area contributed by atoms with Gasteiger partial charge in [-0.2, -0.15) is 4.98 Å². The molecule has 0 aliphatic carbocycles. The van der Waals surface area contributed by atoms with Crippen LogP contribution in [-0.2, 0) is 4.74 Å². The number of hydrogen-bond donors (Lipinski definition) is 3. The van der Waals surface area contributed by atoms with Crippen LogP contribution in [0.2, 0.25) is 0 Å². The molecule has 0 aromatic carbocycles. The minimum absolute atomic E-state index is 0.0142. The van der Waals surface area contributed by atoms with E-state index in [1.54, 1.807) is 6.92 Å². The molecule has 0 spiro atoms. The van der Waals surface area contributed by atoms with Crippen molar-refractivity contribution in [2.24, 2.45) is 0 Å². The zero-order valence-corrected chi connectivity index (χ0v) is 10.5. The fourth-order valence-electron chi connectivity index (χ4n) is 1.99. The Balaban J connectivity index is 2.30. The Kier molecular flexibility index (Phi) is 4.03. The van der Waals surface area contributed by atoms with E-state index in [0.717, 1.165) is 0 Å². The second kappa shape index (κ2) is 5.55. The predicted octanol–water partition coefficient (Wildman–Crippen LogP) is -1.14. The van der Waals surface area contributed by atoms with Crippen molar-refractivity contribution in [1.29, 1.82) is 0 Å². The van der Waals surface area contributed by atoms with Gasteiger partial charge in [0.1, 0.15) is 12.3 Å². The molecule has 1 saturated heterocycles. The van der Waals surface area contributed by atoms with E-state index in [2.05, 4.69) is 4.98 Å². The summed E-state index contributed by atoms with van der Waals surface area (Å²) in [4.78, 5) is 15.4. The summed E-state index contributed by atoms with van der Waals surface area (Å²) in [6.07, 6.45) is -0.611. The second-order valence-electron chi connectivity index (χ2n) is 4.23. The molecule has 3 atom stereocenters. The van der Waals surface area contributed by atoms with Crippen molar-refractivity contribution in [1.82, 2.24) is 9.55 Å². The van der Waals surface area contributed by atoms with E-state index in [1.807, 2.05) is 0 Å². The van der Waals surface area contributed by atoms with Gasteiger partial charge in [-0.05, 0) is 6.92 Å². The number of aliphatic hydroxyl groups excluding tert-OH is 2. The summed E-state index contributed by atoms with van der Waals surface area (Å²) >= 11 is 0. The lowest BCUT2D eigenvalue weighted by Crippen LogP contribution is -2.28. The molecule has 0 unspecified atom stereocenters. The van der Waals surface area contributed by atoms with Crippen molar-refractivity contribution >= 4 is 5.82 Å². The number of ether oxygens (including phenoxy) is 2. The van der Waals surface area contributed by atoms with Crippen LogP contribution in [0, 0.1) is 0 Å². The standard InChI is InChI=1S/C11H17N3O5/c1-2-18-7-4-14(11(17)13-10(7)12)9-3-6(16)8(5-15)19-9/h4,6,8-9,15-16H,2-3,5H2,1H3,(H2,12,13,17)/t6-,8+,9+/m1/s1. The fourth-order valence-corrected chi connectivity index (χ4v) is 1.99. The maximum absolute atomic E-state index is 11.8. The summed E-state index contributed by atoms with van der Waals surface area (Å²) in [5, 5.41) is 18.7.